The maximum absolute atomic E-state index is 13.7. The highest BCUT2D eigenvalue weighted by atomic mass is 32.1. The number of rotatable bonds is 9. The SMILES string of the molecule is Cc1ccc(-c2nn(C3OC(OC(=O)c4ccccc4)C(OC(=O)c4ccccc4)C3OC(=O)c3ccccc3)c(=S)n2-c2ccccc2)cc1. The van der Waals surface area contributed by atoms with Crippen LogP contribution in [0, 0.1) is 11.7 Å². The van der Waals surface area contributed by atoms with Crippen LogP contribution < -0.4 is 0 Å². The molecule has 7 rings (SSSR count). The summed E-state index contributed by atoms with van der Waals surface area (Å²) in [5, 5.41) is 4.92. The predicted octanol–water partition coefficient (Wildman–Crippen LogP) is 7.54. The number of ether oxygens (including phenoxy) is 4. The molecule has 1 aromatic heterocycles. The van der Waals surface area contributed by atoms with Gasteiger partial charge < -0.3 is 18.9 Å². The summed E-state index contributed by atoms with van der Waals surface area (Å²) in [5.41, 5.74) is 3.24. The first-order valence-corrected chi connectivity index (χ1v) is 16.6. The van der Waals surface area contributed by atoms with E-state index in [1.807, 2.05) is 61.5 Å². The maximum Gasteiger partial charge on any atom is 0.340 e. The zero-order valence-corrected chi connectivity index (χ0v) is 28.1. The Morgan fingerprint density at radius 3 is 1.57 bits per heavy atom. The van der Waals surface area contributed by atoms with E-state index in [1.165, 1.54) is 4.68 Å². The molecular formula is C40H31N3O7S. The van der Waals surface area contributed by atoms with Crippen molar-refractivity contribution in [2.75, 3.05) is 0 Å². The lowest BCUT2D eigenvalue weighted by molar-refractivity contribution is -0.150. The summed E-state index contributed by atoms with van der Waals surface area (Å²) >= 11 is 6.05. The minimum absolute atomic E-state index is 0.186. The molecule has 0 aliphatic carbocycles. The summed E-state index contributed by atoms with van der Waals surface area (Å²) in [6, 6.07) is 42.1. The third-order valence-corrected chi connectivity index (χ3v) is 8.62. The molecule has 0 bridgehead atoms. The zero-order chi connectivity index (χ0) is 35.3. The van der Waals surface area contributed by atoms with Crippen molar-refractivity contribution in [3.8, 4) is 17.1 Å². The Balaban J connectivity index is 1.36. The van der Waals surface area contributed by atoms with E-state index in [4.69, 9.17) is 36.3 Å². The lowest BCUT2D eigenvalue weighted by atomic mass is 10.1. The molecule has 4 atom stereocenters. The Morgan fingerprint density at radius 2 is 1.06 bits per heavy atom. The van der Waals surface area contributed by atoms with Gasteiger partial charge in [0, 0.05) is 11.3 Å². The topological polar surface area (TPSA) is 111 Å². The van der Waals surface area contributed by atoms with Crippen LogP contribution in [0.2, 0.25) is 0 Å². The first kappa shape index (κ1) is 33.3. The van der Waals surface area contributed by atoms with Gasteiger partial charge in [-0.3, -0.25) is 4.57 Å². The zero-order valence-electron chi connectivity index (χ0n) is 27.3. The first-order valence-electron chi connectivity index (χ1n) is 16.1. The summed E-state index contributed by atoms with van der Waals surface area (Å²) in [4.78, 5) is 40.7. The highest BCUT2D eigenvalue weighted by Crippen LogP contribution is 2.37. The predicted molar refractivity (Wildman–Crippen MR) is 190 cm³/mol. The molecule has 0 amide bonds. The fraction of sp³-hybridized carbons (Fsp3) is 0.125. The van der Waals surface area contributed by atoms with E-state index in [0.717, 1.165) is 16.8 Å². The van der Waals surface area contributed by atoms with Crippen molar-refractivity contribution in [2.24, 2.45) is 0 Å². The largest absolute Gasteiger partial charge is 0.450 e. The molecule has 254 valence electrons. The quantitative estimate of drug-likeness (QED) is 0.0860. The standard InChI is InChI=1S/C40H31N3O7S/c1-26-22-24-27(25-23-26)34-41-43(40(51)42(34)31-20-12-5-13-21-31)35-32(47-36(44)28-14-6-2-7-15-28)33(48-37(45)29-16-8-3-9-17-29)39(49-35)50-38(46)30-18-10-4-11-19-30/h2-25,32-33,35,39H,1H3. The average Bonchev–Trinajstić information content (AvgIpc) is 3.68. The number of hydrogen-bond donors (Lipinski definition) is 0. The van der Waals surface area contributed by atoms with E-state index < -0.39 is 42.6 Å². The van der Waals surface area contributed by atoms with Gasteiger partial charge in [0.1, 0.15) is 0 Å². The minimum atomic E-state index is -1.53. The van der Waals surface area contributed by atoms with Gasteiger partial charge in [-0.2, -0.15) is 0 Å². The van der Waals surface area contributed by atoms with Crippen LogP contribution >= 0.6 is 12.2 Å². The van der Waals surface area contributed by atoms with Crippen LogP contribution in [0.5, 0.6) is 0 Å². The van der Waals surface area contributed by atoms with E-state index in [0.29, 0.717) is 5.82 Å². The van der Waals surface area contributed by atoms with Crippen LogP contribution in [0.3, 0.4) is 0 Å². The van der Waals surface area contributed by atoms with Crippen LogP contribution in [-0.2, 0) is 18.9 Å². The first-order chi connectivity index (χ1) is 24.9. The summed E-state index contributed by atoms with van der Waals surface area (Å²) in [6.07, 6.45) is -5.65. The molecule has 1 saturated heterocycles. The van der Waals surface area contributed by atoms with Crippen LogP contribution in [0.25, 0.3) is 17.1 Å². The molecule has 5 aromatic carbocycles. The summed E-state index contributed by atoms with van der Waals surface area (Å²) in [5.74, 6) is -1.73. The third kappa shape index (κ3) is 7.11. The molecule has 1 aliphatic rings. The molecular weight excluding hydrogens is 667 g/mol. The molecule has 11 heteroatoms. The summed E-state index contributed by atoms with van der Waals surface area (Å²) in [7, 11) is 0. The number of aromatic nitrogens is 3. The lowest BCUT2D eigenvalue weighted by Gasteiger charge is -2.24. The number of aryl methyl sites for hydroxylation is 1. The number of esters is 3. The van der Waals surface area contributed by atoms with E-state index >= 15 is 0 Å². The normalized spacial score (nSPS) is 18.1. The number of carbonyl (C=O) groups excluding carboxylic acids is 3. The Kier molecular flexibility index (Phi) is 9.64. The van der Waals surface area contributed by atoms with Gasteiger partial charge in [-0.1, -0.05) is 103 Å². The minimum Gasteiger partial charge on any atom is -0.450 e. The van der Waals surface area contributed by atoms with Crippen LogP contribution in [0.1, 0.15) is 42.9 Å². The monoisotopic (exact) mass is 697 g/mol. The fourth-order valence-electron chi connectivity index (χ4n) is 5.68. The van der Waals surface area contributed by atoms with Gasteiger partial charge in [0.05, 0.1) is 16.7 Å². The molecule has 4 unspecified atom stereocenters. The van der Waals surface area contributed by atoms with Gasteiger partial charge in [0.25, 0.3) is 0 Å². The smallest absolute Gasteiger partial charge is 0.340 e. The van der Waals surface area contributed by atoms with Crippen molar-refractivity contribution < 1.29 is 33.3 Å². The van der Waals surface area contributed by atoms with E-state index in [-0.39, 0.29) is 21.5 Å². The molecule has 0 saturated carbocycles. The lowest BCUT2D eigenvalue weighted by Crippen LogP contribution is -2.41. The van der Waals surface area contributed by atoms with E-state index in [9.17, 15) is 14.4 Å². The summed E-state index contributed by atoms with van der Waals surface area (Å²) < 4.78 is 27.7. The maximum atomic E-state index is 13.7. The Hall–Kier alpha value is -6.17. The molecule has 51 heavy (non-hydrogen) atoms. The number of nitrogens with zero attached hydrogens (tertiary/aromatic N) is 3. The number of benzene rings is 5. The molecule has 10 nitrogen and oxygen atoms in total. The molecule has 1 aliphatic heterocycles. The third-order valence-electron chi connectivity index (χ3n) is 8.25. The van der Waals surface area contributed by atoms with Crippen molar-refractivity contribution >= 4 is 30.1 Å². The van der Waals surface area contributed by atoms with Crippen molar-refractivity contribution in [2.45, 2.75) is 31.6 Å². The van der Waals surface area contributed by atoms with Gasteiger partial charge in [-0.05, 0) is 67.7 Å². The van der Waals surface area contributed by atoms with Gasteiger partial charge in [-0.15, -0.1) is 5.10 Å². The average molecular weight is 698 g/mol. The number of hydrogen-bond acceptors (Lipinski definition) is 9. The van der Waals surface area contributed by atoms with Gasteiger partial charge >= 0.3 is 17.9 Å². The molecule has 0 N–H and O–H groups in total. The second-order valence-electron chi connectivity index (χ2n) is 11.7. The van der Waals surface area contributed by atoms with Crippen molar-refractivity contribution in [1.82, 2.24) is 14.3 Å². The van der Waals surface area contributed by atoms with Gasteiger partial charge in [0.15, 0.2) is 18.2 Å². The van der Waals surface area contributed by atoms with Crippen molar-refractivity contribution in [1.29, 1.82) is 0 Å². The Morgan fingerprint density at radius 1 is 0.608 bits per heavy atom. The highest BCUT2D eigenvalue weighted by molar-refractivity contribution is 7.71. The van der Waals surface area contributed by atoms with Crippen LogP contribution in [-0.4, -0.2) is 50.8 Å². The summed E-state index contributed by atoms with van der Waals surface area (Å²) in [6.45, 7) is 1.98. The fourth-order valence-corrected chi connectivity index (χ4v) is 6.01. The van der Waals surface area contributed by atoms with E-state index in [2.05, 4.69) is 0 Å². The number of para-hydroxylation sites is 1. The van der Waals surface area contributed by atoms with Gasteiger partial charge in [-0.25, -0.2) is 19.1 Å². The molecule has 1 fully saturated rings. The van der Waals surface area contributed by atoms with Gasteiger partial charge in [0.2, 0.25) is 17.2 Å². The Labute approximate surface area is 298 Å². The number of carbonyl (C=O) groups is 3. The molecule has 0 radical (unpaired) electrons. The molecule has 0 spiro atoms. The second kappa shape index (κ2) is 14.8. The van der Waals surface area contributed by atoms with Crippen LogP contribution in [0.4, 0.5) is 0 Å². The van der Waals surface area contributed by atoms with Crippen LogP contribution in [0.15, 0.2) is 146 Å². The second-order valence-corrected chi connectivity index (χ2v) is 12.1. The Bertz CT molecular complexity index is 2210. The molecule has 2 heterocycles. The molecule has 6 aromatic rings. The highest BCUT2D eigenvalue weighted by Gasteiger charge is 2.54. The van der Waals surface area contributed by atoms with Crippen molar-refractivity contribution in [3.63, 3.8) is 0 Å². The van der Waals surface area contributed by atoms with E-state index in [1.54, 1.807) is 95.6 Å². The van der Waals surface area contributed by atoms with Crippen molar-refractivity contribution in [3.05, 3.63) is 173 Å².